The zero-order chi connectivity index (χ0) is 13.1. The SMILES string of the molecule is C=C1C=CC(c2ccccc2)(c2ccccc2)CC1. The topological polar surface area (TPSA) is 0 Å². The minimum Gasteiger partial charge on any atom is -0.0958 e. The lowest BCUT2D eigenvalue weighted by Gasteiger charge is -2.35. The summed E-state index contributed by atoms with van der Waals surface area (Å²) in [6.45, 7) is 4.08. The molecule has 0 heterocycles. The van der Waals surface area contributed by atoms with Crippen LogP contribution in [0.2, 0.25) is 0 Å². The molecule has 0 aromatic heterocycles. The average molecular weight is 246 g/mol. The summed E-state index contributed by atoms with van der Waals surface area (Å²) in [5.41, 5.74) is 3.96. The molecule has 0 N–H and O–H groups in total. The molecular formula is C19H18. The molecule has 0 heteroatoms. The summed E-state index contributed by atoms with van der Waals surface area (Å²) in [5.74, 6) is 0. The van der Waals surface area contributed by atoms with Gasteiger partial charge in [0.15, 0.2) is 0 Å². The molecule has 0 radical (unpaired) electrons. The lowest BCUT2D eigenvalue weighted by Crippen LogP contribution is -2.27. The van der Waals surface area contributed by atoms with Gasteiger partial charge in [0, 0.05) is 5.41 Å². The van der Waals surface area contributed by atoms with Crippen LogP contribution >= 0.6 is 0 Å². The Morgan fingerprint density at radius 2 is 1.32 bits per heavy atom. The van der Waals surface area contributed by atoms with Crippen LogP contribution in [0, 0.1) is 0 Å². The van der Waals surface area contributed by atoms with Crippen molar-refractivity contribution in [1.29, 1.82) is 0 Å². The lowest BCUT2D eigenvalue weighted by molar-refractivity contribution is 0.566. The molecule has 0 fully saturated rings. The fourth-order valence-electron chi connectivity index (χ4n) is 2.90. The average Bonchev–Trinajstić information content (AvgIpc) is 2.50. The molecule has 2 aromatic carbocycles. The van der Waals surface area contributed by atoms with Gasteiger partial charge >= 0.3 is 0 Å². The predicted molar refractivity (Wildman–Crippen MR) is 81.2 cm³/mol. The van der Waals surface area contributed by atoms with E-state index in [-0.39, 0.29) is 5.41 Å². The van der Waals surface area contributed by atoms with Crippen LogP contribution < -0.4 is 0 Å². The fourth-order valence-corrected chi connectivity index (χ4v) is 2.90. The maximum atomic E-state index is 4.08. The van der Waals surface area contributed by atoms with E-state index in [9.17, 15) is 0 Å². The molecule has 0 aliphatic heterocycles. The number of allylic oxidation sites excluding steroid dienone is 3. The van der Waals surface area contributed by atoms with Crippen LogP contribution in [0.15, 0.2) is 85.0 Å². The van der Waals surface area contributed by atoms with Gasteiger partial charge in [0.1, 0.15) is 0 Å². The van der Waals surface area contributed by atoms with Crippen LogP contribution in [-0.2, 0) is 5.41 Å². The molecule has 1 aliphatic carbocycles. The molecule has 2 aromatic rings. The highest BCUT2D eigenvalue weighted by Gasteiger charge is 2.32. The highest BCUT2D eigenvalue weighted by molar-refractivity contribution is 5.47. The summed E-state index contributed by atoms with van der Waals surface area (Å²) in [6.07, 6.45) is 6.66. The van der Waals surface area contributed by atoms with E-state index in [4.69, 9.17) is 0 Å². The zero-order valence-electron chi connectivity index (χ0n) is 11.0. The second kappa shape index (κ2) is 4.89. The van der Waals surface area contributed by atoms with Gasteiger partial charge in [0.25, 0.3) is 0 Å². The number of benzene rings is 2. The molecule has 0 spiro atoms. The molecule has 94 valence electrons. The van der Waals surface area contributed by atoms with Crippen LogP contribution in [-0.4, -0.2) is 0 Å². The maximum Gasteiger partial charge on any atom is 0.0388 e. The number of rotatable bonds is 2. The Hall–Kier alpha value is -2.08. The molecule has 0 atom stereocenters. The lowest BCUT2D eigenvalue weighted by atomic mass is 9.68. The van der Waals surface area contributed by atoms with E-state index in [0.29, 0.717) is 0 Å². The summed E-state index contributed by atoms with van der Waals surface area (Å²) in [4.78, 5) is 0. The van der Waals surface area contributed by atoms with E-state index in [0.717, 1.165) is 12.8 Å². The molecule has 0 saturated heterocycles. The van der Waals surface area contributed by atoms with Gasteiger partial charge in [-0.25, -0.2) is 0 Å². The van der Waals surface area contributed by atoms with Gasteiger partial charge in [-0.3, -0.25) is 0 Å². The van der Waals surface area contributed by atoms with Gasteiger partial charge in [-0.15, -0.1) is 0 Å². The molecular weight excluding hydrogens is 228 g/mol. The van der Waals surface area contributed by atoms with Gasteiger partial charge in [-0.2, -0.15) is 0 Å². The Labute approximate surface area is 115 Å². The standard InChI is InChI=1S/C19H18/c1-16-12-14-19(15-13-16,17-8-4-2-5-9-17)18-10-6-3-7-11-18/h2-12,14H,1,13,15H2. The van der Waals surface area contributed by atoms with Crippen molar-refractivity contribution in [2.45, 2.75) is 18.3 Å². The van der Waals surface area contributed by atoms with Crippen LogP contribution in [0.25, 0.3) is 0 Å². The van der Waals surface area contributed by atoms with E-state index in [1.165, 1.54) is 16.7 Å². The highest BCUT2D eigenvalue weighted by atomic mass is 14.4. The first-order valence-electron chi connectivity index (χ1n) is 6.79. The summed E-state index contributed by atoms with van der Waals surface area (Å²) >= 11 is 0. The molecule has 0 amide bonds. The first-order valence-corrected chi connectivity index (χ1v) is 6.79. The smallest absolute Gasteiger partial charge is 0.0388 e. The maximum absolute atomic E-state index is 4.08. The third-order valence-electron chi connectivity index (χ3n) is 4.02. The van der Waals surface area contributed by atoms with Crippen LogP contribution in [0.4, 0.5) is 0 Å². The zero-order valence-corrected chi connectivity index (χ0v) is 11.0. The molecule has 0 unspecified atom stereocenters. The third-order valence-corrected chi connectivity index (χ3v) is 4.02. The first kappa shape index (κ1) is 12.0. The van der Waals surface area contributed by atoms with Crippen molar-refractivity contribution in [3.8, 4) is 0 Å². The fraction of sp³-hybridized carbons (Fsp3) is 0.158. The molecule has 0 saturated carbocycles. The van der Waals surface area contributed by atoms with Crippen molar-refractivity contribution in [2.24, 2.45) is 0 Å². The normalized spacial score (nSPS) is 17.4. The first-order chi connectivity index (χ1) is 9.31. The van der Waals surface area contributed by atoms with E-state index in [1.54, 1.807) is 0 Å². The van der Waals surface area contributed by atoms with Crippen molar-refractivity contribution >= 4 is 0 Å². The summed E-state index contributed by atoms with van der Waals surface area (Å²) in [6, 6.07) is 21.6. The largest absolute Gasteiger partial charge is 0.0958 e. The van der Waals surface area contributed by atoms with E-state index < -0.39 is 0 Å². The van der Waals surface area contributed by atoms with Crippen molar-refractivity contribution < 1.29 is 0 Å². The van der Waals surface area contributed by atoms with Crippen molar-refractivity contribution in [1.82, 2.24) is 0 Å². The quantitative estimate of drug-likeness (QED) is 0.708. The Kier molecular flexibility index (Phi) is 3.08. The van der Waals surface area contributed by atoms with E-state index in [2.05, 4.69) is 79.4 Å². The minimum absolute atomic E-state index is 0.00368. The second-order valence-electron chi connectivity index (χ2n) is 5.19. The summed E-state index contributed by atoms with van der Waals surface area (Å²) in [5, 5.41) is 0. The molecule has 19 heavy (non-hydrogen) atoms. The highest BCUT2D eigenvalue weighted by Crippen LogP contribution is 2.41. The predicted octanol–water partition coefficient (Wildman–Crippen LogP) is 4.88. The molecule has 0 bridgehead atoms. The van der Waals surface area contributed by atoms with Crippen molar-refractivity contribution in [3.05, 3.63) is 96.1 Å². The second-order valence-corrected chi connectivity index (χ2v) is 5.19. The molecule has 0 nitrogen and oxygen atoms in total. The van der Waals surface area contributed by atoms with Crippen LogP contribution in [0.1, 0.15) is 24.0 Å². The van der Waals surface area contributed by atoms with E-state index in [1.807, 2.05) is 0 Å². The van der Waals surface area contributed by atoms with Crippen molar-refractivity contribution in [2.75, 3.05) is 0 Å². The Balaban J connectivity index is 2.17. The third kappa shape index (κ3) is 2.15. The summed E-state index contributed by atoms with van der Waals surface area (Å²) in [7, 11) is 0. The number of hydrogen-bond acceptors (Lipinski definition) is 0. The van der Waals surface area contributed by atoms with E-state index >= 15 is 0 Å². The number of hydrogen-bond donors (Lipinski definition) is 0. The molecule has 3 rings (SSSR count). The van der Waals surface area contributed by atoms with Gasteiger partial charge in [-0.1, -0.05) is 85.0 Å². The summed E-state index contributed by atoms with van der Waals surface area (Å²) < 4.78 is 0. The Morgan fingerprint density at radius 3 is 1.74 bits per heavy atom. The van der Waals surface area contributed by atoms with Crippen LogP contribution in [0.3, 0.4) is 0 Å². The van der Waals surface area contributed by atoms with Gasteiger partial charge in [0.05, 0.1) is 0 Å². The van der Waals surface area contributed by atoms with Gasteiger partial charge in [0.2, 0.25) is 0 Å². The van der Waals surface area contributed by atoms with Crippen LogP contribution in [0.5, 0.6) is 0 Å². The minimum atomic E-state index is 0.00368. The molecule has 1 aliphatic rings. The Bertz CT molecular complexity index is 551. The monoisotopic (exact) mass is 246 g/mol. The van der Waals surface area contributed by atoms with Gasteiger partial charge in [-0.05, 0) is 24.0 Å². The van der Waals surface area contributed by atoms with Crippen molar-refractivity contribution in [3.63, 3.8) is 0 Å². The Morgan fingerprint density at radius 1 is 0.789 bits per heavy atom. The van der Waals surface area contributed by atoms with Gasteiger partial charge < -0.3 is 0 Å².